The van der Waals surface area contributed by atoms with Crippen molar-refractivity contribution in [2.24, 2.45) is 0 Å². The van der Waals surface area contributed by atoms with Crippen LogP contribution in [0.1, 0.15) is 5.56 Å². The average Bonchev–Trinajstić information content (AvgIpc) is 2.20. The first-order chi connectivity index (χ1) is 7.11. The highest BCUT2D eigenvalue weighted by atomic mass is 19.3. The van der Waals surface area contributed by atoms with E-state index < -0.39 is 12.5 Å². The van der Waals surface area contributed by atoms with E-state index in [1.165, 1.54) is 0 Å². The molecule has 84 valence electrons. The first-order valence-corrected chi connectivity index (χ1v) is 4.61. The summed E-state index contributed by atoms with van der Waals surface area (Å²) < 4.78 is 23.8. The molecule has 1 aromatic rings. The zero-order valence-electron chi connectivity index (χ0n) is 8.16. The predicted molar refractivity (Wildman–Crippen MR) is 54.6 cm³/mol. The van der Waals surface area contributed by atoms with Crippen molar-refractivity contribution in [3.05, 3.63) is 29.8 Å². The average molecular weight is 216 g/mol. The molecule has 0 fully saturated rings. The SMILES string of the molecule is Nc1ccccc1CNCC(O)C(F)F. The summed E-state index contributed by atoms with van der Waals surface area (Å²) in [4.78, 5) is 0. The van der Waals surface area contributed by atoms with Gasteiger partial charge in [0.2, 0.25) is 0 Å². The molecule has 1 rings (SSSR count). The van der Waals surface area contributed by atoms with E-state index in [-0.39, 0.29) is 6.54 Å². The third-order valence-corrected chi connectivity index (χ3v) is 2.01. The summed E-state index contributed by atoms with van der Waals surface area (Å²) >= 11 is 0. The quantitative estimate of drug-likeness (QED) is 0.643. The maximum Gasteiger partial charge on any atom is 0.265 e. The van der Waals surface area contributed by atoms with Gasteiger partial charge in [-0.05, 0) is 11.6 Å². The van der Waals surface area contributed by atoms with Crippen molar-refractivity contribution >= 4 is 5.69 Å². The third-order valence-electron chi connectivity index (χ3n) is 2.01. The fourth-order valence-corrected chi connectivity index (χ4v) is 1.14. The largest absolute Gasteiger partial charge is 0.398 e. The highest BCUT2D eigenvalue weighted by Gasteiger charge is 2.15. The molecular weight excluding hydrogens is 202 g/mol. The van der Waals surface area contributed by atoms with Crippen LogP contribution in [-0.2, 0) is 6.54 Å². The van der Waals surface area contributed by atoms with Crippen LogP contribution in [0.15, 0.2) is 24.3 Å². The lowest BCUT2D eigenvalue weighted by molar-refractivity contribution is -0.00340. The number of hydrogen-bond donors (Lipinski definition) is 3. The number of aliphatic hydroxyl groups excluding tert-OH is 1. The monoisotopic (exact) mass is 216 g/mol. The number of nitrogens with one attached hydrogen (secondary N) is 1. The van der Waals surface area contributed by atoms with Crippen molar-refractivity contribution in [1.29, 1.82) is 0 Å². The van der Waals surface area contributed by atoms with E-state index in [1.807, 2.05) is 6.07 Å². The Bertz CT molecular complexity index is 307. The number of aliphatic hydroxyl groups is 1. The number of hydrogen-bond acceptors (Lipinski definition) is 3. The van der Waals surface area contributed by atoms with Gasteiger partial charge in [-0.25, -0.2) is 8.78 Å². The summed E-state index contributed by atoms with van der Waals surface area (Å²) in [6.45, 7) is 0.225. The van der Waals surface area contributed by atoms with Gasteiger partial charge >= 0.3 is 0 Å². The zero-order chi connectivity index (χ0) is 11.3. The van der Waals surface area contributed by atoms with Crippen molar-refractivity contribution in [2.45, 2.75) is 19.1 Å². The van der Waals surface area contributed by atoms with Crippen LogP contribution in [0.5, 0.6) is 0 Å². The smallest absolute Gasteiger partial charge is 0.265 e. The van der Waals surface area contributed by atoms with E-state index >= 15 is 0 Å². The van der Waals surface area contributed by atoms with Crippen molar-refractivity contribution in [1.82, 2.24) is 5.32 Å². The van der Waals surface area contributed by atoms with Gasteiger partial charge in [-0.15, -0.1) is 0 Å². The standard InChI is InChI=1S/C10H14F2N2O/c11-10(12)9(15)6-14-5-7-3-1-2-4-8(7)13/h1-4,9-10,14-15H,5-6,13H2. The minimum absolute atomic E-state index is 0.147. The molecule has 0 aromatic heterocycles. The fourth-order valence-electron chi connectivity index (χ4n) is 1.14. The van der Waals surface area contributed by atoms with E-state index in [0.29, 0.717) is 12.2 Å². The number of nitrogen functional groups attached to an aromatic ring is 1. The Balaban J connectivity index is 2.35. The van der Waals surface area contributed by atoms with Crippen LogP contribution < -0.4 is 11.1 Å². The third kappa shape index (κ3) is 3.81. The molecule has 0 heterocycles. The summed E-state index contributed by atoms with van der Waals surface area (Å²) in [6, 6.07) is 7.15. The Morgan fingerprint density at radius 3 is 2.60 bits per heavy atom. The summed E-state index contributed by atoms with van der Waals surface area (Å²) in [7, 11) is 0. The molecular formula is C10H14F2N2O. The molecule has 15 heavy (non-hydrogen) atoms. The maximum atomic E-state index is 11.9. The second kappa shape index (κ2) is 5.63. The van der Waals surface area contributed by atoms with Gasteiger partial charge in [-0.3, -0.25) is 0 Å². The van der Waals surface area contributed by atoms with E-state index in [9.17, 15) is 8.78 Å². The molecule has 0 aliphatic rings. The molecule has 1 atom stereocenters. The number of halogens is 2. The normalized spacial score (nSPS) is 13.1. The van der Waals surface area contributed by atoms with Gasteiger partial charge in [-0.1, -0.05) is 18.2 Å². The Kier molecular flexibility index (Phi) is 4.45. The molecule has 0 amide bonds. The highest BCUT2D eigenvalue weighted by Crippen LogP contribution is 2.09. The van der Waals surface area contributed by atoms with Crippen molar-refractivity contribution < 1.29 is 13.9 Å². The molecule has 0 bridgehead atoms. The Morgan fingerprint density at radius 2 is 2.00 bits per heavy atom. The van der Waals surface area contributed by atoms with E-state index in [0.717, 1.165) is 5.56 Å². The van der Waals surface area contributed by atoms with Gasteiger partial charge in [0.15, 0.2) is 0 Å². The van der Waals surface area contributed by atoms with Crippen LogP contribution in [0.4, 0.5) is 14.5 Å². The van der Waals surface area contributed by atoms with Crippen molar-refractivity contribution in [3.8, 4) is 0 Å². The fraction of sp³-hybridized carbons (Fsp3) is 0.400. The molecule has 0 saturated heterocycles. The summed E-state index contributed by atoms with van der Waals surface area (Å²) in [6.07, 6.45) is -4.35. The molecule has 0 saturated carbocycles. The van der Waals surface area contributed by atoms with Gasteiger partial charge in [0.25, 0.3) is 6.43 Å². The van der Waals surface area contributed by atoms with Crippen LogP contribution >= 0.6 is 0 Å². The van der Waals surface area contributed by atoms with Crippen LogP contribution in [-0.4, -0.2) is 24.2 Å². The van der Waals surface area contributed by atoms with Crippen molar-refractivity contribution in [3.63, 3.8) is 0 Å². The minimum atomic E-state index is -2.72. The molecule has 3 nitrogen and oxygen atoms in total. The Morgan fingerprint density at radius 1 is 1.33 bits per heavy atom. The molecule has 0 radical (unpaired) electrons. The number of benzene rings is 1. The van der Waals surface area contributed by atoms with E-state index in [1.54, 1.807) is 18.2 Å². The van der Waals surface area contributed by atoms with Crippen LogP contribution in [0.3, 0.4) is 0 Å². The Labute approximate surface area is 86.9 Å². The van der Waals surface area contributed by atoms with Crippen LogP contribution in [0.2, 0.25) is 0 Å². The van der Waals surface area contributed by atoms with Crippen LogP contribution in [0, 0.1) is 0 Å². The second-order valence-corrected chi connectivity index (χ2v) is 3.23. The number of alkyl halides is 2. The lowest BCUT2D eigenvalue weighted by Gasteiger charge is -2.11. The van der Waals surface area contributed by atoms with Gasteiger partial charge in [0.05, 0.1) is 0 Å². The van der Waals surface area contributed by atoms with E-state index in [4.69, 9.17) is 10.8 Å². The lowest BCUT2D eigenvalue weighted by Crippen LogP contribution is -2.31. The second-order valence-electron chi connectivity index (χ2n) is 3.23. The summed E-state index contributed by atoms with van der Waals surface area (Å²) in [5, 5.41) is 11.5. The number of anilines is 1. The number of nitrogens with two attached hydrogens (primary N) is 1. The summed E-state index contributed by atoms with van der Waals surface area (Å²) in [5.74, 6) is 0. The first kappa shape index (κ1) is 11.9. The topological polar surface area (TPSA) is 58.3 Å². The highest BCUT2D eigenvalue weighted by molar-refractivity contribution is 5.46. The number of rotatable bonds is 5. The summed E-state index contributed by atoms with van der Waals surface area (Å²) in [5.41, 5.74) is 7.09. The van der Waals surface area contributed by atoms with Gasteiger partial charge in [0, 0.05) is 18.8 Å². The van der Waals surface area contributed by atoms with Crippen LogP contribution in [0.25, 0.3) is 0 Å². The minimum Gasteiger partial charge on any atom is -0.398 e. The lowest BCUT2D eigenvalue weighted by atomic mass is 10.2. The molecule has 0 aliphatic carbocycles. The Hall–Kier alpha value is -1.20. The maximum absolute atomic E-state index is 11.9. The van der Waals surface area contributed by atoms with E-state index in [2.05, 4.69) is 5.32 Å². The van der Waals surface area contributed by atoms with Crippen molar-refractivity contribution in [2.75, 3.05) is 12.3 Å². The first-order valence-electron chi connectivity index (χ1n) is 4.61. The predicted octanol–water partition coefficient (Wildman–Crippen LogP) is 0.984. The van der Waals surface area contributed by atoms with Gasteiger partial charge in [-0.2, -0.15) is 0 Å². The molecule has 1 aromatic carbocycles. The molecule has 0 aliphatic heterocycles. The molecule has 0 spiro atoms. The zero-order valence-corrected chi connectivity index (χ0v) is 8.16. The molecule has 1 unspecified atom stereocenters. The molecule has 5 heteroatoms. The van der Waals surface area contributed by atoms with Gasteiger partial charge in [0.1, 0.15) is 6.10 Å². The van der Waals surface area contributed by atoms with Gasteiger partial charge < -0.3 is 16.2 Å². The molecule has 4 N–H and O–H groups in total. The number of para-hydroxylation sites is 1.